The number of fused-ring (bicyclic) bond motifs is 1. The number of nitrogens with zero attached hydrogens (tertiary/aromatic N) is 1. The molecule has 2 aromatic rings. The second kappa shape index (κ2) is 4.22. The lowest BCUT2D eigenvalue weighted by atomic mass is 9.88. The van der Waals surface area contributed by atoms with Gasteiger partial charge in [0.1, 0.15) is 0 Å². The fraction of sp³-hybridized carbons (Fsp3) is 0.357. The van der Waals surface area contributed by atoms with Gasteiger partial charge in [-0.1, -0.05) is 31.5 Å². The average Bonchev–Trinajstić information content (AvgIpc) is 2.28. The number of aliphatic hydroxyl groups is 1. The van der Waals surface area contributed by atoms with E-state index in [9.17, 15) is 5.11 Å². The van der Waals surface area contributed by atoms with Gasteiger partial charge in [-0.05, 0) is 31.0 Å². The fourth-order valence-corrected chi connectivity index (χ4v) is 2.19. The number of aromatic nitrogens is 1. The van der Waals surface area contributed by atoms with Gasteiger partial charge in [-0.15, -0.1) is 0 Å². The van der Waals surface area contributed by atoms with Crippen LogP contribution in [0.25, 0.3) is 10.9 Å². The van der Waals surface area contributed by atoms with Crippen molar-refractivity contribution in [3.63, 3.8) is 0 Å². The number of hydrogen-bond acceptors (Lipinski definition) is 2. The molecule has 0 saturated carbocycles. The van der Waals surface area contributed by atoms with Crippen molar-refractivity contribution >= 4 is 10.9 Å². The molecule has 1 aromatic carbocycles. The monoisotopic (exact) mass is 215 g/mol. The SMILES string of the molecule is CCCC(C)(O)c1cccc2ncccc12. The minimum atomic E-state index is -0.767. The molecule has 16 heavy (non-hydrogen) atoms. The zero-order valence-electron chi connectivity index (χ0n) is 9.77. The molecule has 84 valence electrons. The fourth-order valence-electron chi connectivity index (χ4n) is 2.19. The van der Waals surface area contributed by atoms with Crippen molar-refractivity contribution in [1.29, 1.82) is 0 Å². The molecular weight excluding hydrogens is 198 g/mol. The molecule has 0 aliphatic carbocycles. The topological polar surface area (TPSA) is 33.1 Å². The van der Waals surface area contributed by atoms with Gasteiger partial charge < -0.3 is 5.11 Å². The van der Waals surface area contributed by atoms with Gasteiger partial charge in [0.15, 0.2) is 0 Å². The highest BCUT2D eigenvalue weighted by Gasteiger charge is 2.23. The second-order valence-electron chi connectivity index (χ2n) is 4.40. The Balaban J connectivity index is 2.60. The molecule has 0 amide bonds. The molecule has 2 rings (SSSR count). The summed E-state index contributed by atoms with van der Waals surface area (Å²) >= 11 is 0. The van der Waals surface area contributed by atoms with Gasteiger partial charge in [-0.3, -0.25) is 4.98 Å². The minimum Gasteiger partial charge on any atom is -0.385 e. The summed E-state index contributed by atoms with van der Waals surface area (Å²) in [7, 11) is 0. The van der Waals surface area contributed by atoms with E-state index in [0.29, 0.717) is 0 Å². The van der Waals surface area contributed by atoms with Crippen molar-refractivity contribution in [2.24, 2.45) is 0 Å². The Bertz CT molecular complexity index is 486. The third-order valence-corrected chi connectivity index (χ3v) is 2.96. The van der Waals surface area contributed by atoms with Gasteiger partial charge >= 0.3 is 0 Å². The molecule has 0 fully saturated rings. The number of pyridine rings is 1. The van der Waals surface area contributed by atoms with Crippen LogP contribution in [0.5, 0.6) is 0 Å². The van der Waals surface area contributed by atoms with E-state index in [-0.39, 0.29) is 0 Å². The zero-order chi connectivity index (χ0) is 11.6. The summed E-state index contributed by atoms with van der Waals surface area (Å²) < 4.78 is 0. The summed E-state index contributed by atoms with van der Waals surface area (Å²) in [6.45, 7) is 3.95. The van der Waals surface area contributed by atoms with E-state index in [2.05, 4.69) is 11.9 Å². The first-order chi connectivity index (χ1) is 7.65. The van der Waals surface area contributed by atoms with Crippen molar-refractivity contribution < 1.29 is 5.11 Å². The number of rotatable bonds is 3. The summed E-state index contributed by atoms with van der Waals surface area (Å²) in [4.78, 5) is 4.30. The largest absolute Gasteiger partial charge is 0.385 e. The Hall–Kier alpha value is -1.41. The lowest BCUT2D eigenvalue weighted by Gasteiger charge is -2.24. The quantitative estimate of drug-likeness (QED) is 0.852. The molecule has 0 spiro atoms. The normalized spacial score (nSPS) is 14.9. The second-order valence-corrected chi connectivity index (χ2v) is 4.40. The highest BCUT2D eigenvalue weighted by atomic mass is 16.3. The van der Waals surface area contributed by atoms with Gasteiger partial charge in [-0.2, -0.15) is 0 Å². The van der Waals surface area contributed by atoms with Gasteiger partial charge in [0.2, 0.25) is 0 Å². The Labute approximate surface area is 96.0 Å². The van der Waals surface area contributed by atoms with E-state index in [0.717, 1.165) is 29.3 Å². The summed E-state index contributed by atoms with van der Waals surface area (Å²) in [5.74, 6) is 0. The molecule has 1 atom stereocenters. The van der Waals surface area contributed by atoms with E-state index in [1.54, 1.807) is 6.20 Å². The summed E-state index contributed by atoms with van der Waals surface area (Å²) in [5, 5.41) is 11.5. The average molecular weight is 215 g/mol. The van der Waals surface area contributed by atoms with Gasteiger partial charge in [0, 0.05) is 11.6 Å². The van der Waals surface area contributed by atoms with Gasteiger partial charge in [-0.25, -0.2) is 0 Å². The van der Waals surface area contributed by atoms with Crippen molar-refractivity contribution in [2.75, 3.05) is 0 Å². The standard InChI is InChI=1S/C14H17NO/c1-3-9-14(2,16)12-7-4-8-13-11(12)6-5-10-15-13/h4-8,10,16H,3,9H2,1-2H3. The molecule has 0 aliphatic heterocycles. The molecule has 0 radical (unpaired) electrons. The van der Waals surface area contributed by atoms with Crippen LogP contribution >= 0.6 is 0 Å². The third kappa shape index (κ3) is 1.93. The molecule has 1 heterocycles. The molecule has 1 aromatic heterocycles. The van der Waals surface area contributed by atoms with Crippen LogP contribution in [-0.2, 0) is 5.60 Å². The van der Waals surface area contributed by atoms with Crippen LogP contribution in [0, 0.1) is 0 Å². The minimum absolute atomic E-state index is 0.765. The van der Waals surface area contributed by atoms with E-state index in [1.807, 2.05) is 37.3 Å². The van der Waals surface area contributed by atoms with Crippen LogP contribution < -0.4 is 0 Å². The number of benzene rings is 1. The van der Waals surface area contributed by atoms with Crippen LogP contribution in [0.1, 0.15) is 32.3 Å². The maximum Gasteiger partial charge on any atom is 0.0875 e. The lowest BCUT2D eigenvalue weighted by Crippen LogP contribution is -2.21. The first-order valence-corrected chi connectivity index (χ1v) is 5.72. The van der Waals surface area contributed by atoms with E-state index >= 15 is 0 Å². The summed E-state index contributed by atoms with van der Waals surface area (Å²) in [5.41, 5.74) is 1.15. The van der Waals surface area contributed by atoms with E-state index < -0.39 is 5.60 Å². The first-order valence-electron chi connectivity index (χ1n) is 5.72. The molecule has 1 unspecified atom stereocenters. The molecular formula is C14H17NO. The molecule has 0 saturated heterocycles. The Morgan fingerprint density at radius 3 is 2.81 bits per heavy atom. The summed E-state index contributed by atoms with van der Waals surface area (Å²) in [6, 6.07) is 9.84. The van der Waals surface area contributed by atoms with E-state index in [1.165, 1.54) is 0 Å². The Kier molecular flexibility index (Phi) is 2.92. The third-order valence-electron chi connectivity index (χ3n) is 2.96. The first kappa shape index (κ1) is 11.1. The van der Waals surface area contributed by atoms with Crippen molar-refractivity contribution in [2.45, 2.75) is 32.3 Å². The highest BCUT2D eigenvalue weighted by Crippen LogP contribution is 2.31. The van der Waals surface area contributed by atoms with Crippen LogP contribution in [-0.4, -0.2) is 10.1 Å². The van der Waals surface area contributed by atoms with Crippen molar-refractivity contribution in [3.8, 4) is 0 Å². The number of hydrogen-bond donors (Lipinski definition) is 1. The van der Waals surface area contributed by atoms with Crippen molar-refractivity contribution in [1.82, 2.24) is 4.98 Å². The molecule has 1 N–H and O–H groups in total. The molecule has 2 nitrogen and oxygen atoms in total. The predicted molar refractivity (Wildman–Crippen MR) is 66.2 cm³/mol. The van der Waals surface area contributed by atoms with Crippen LogP contribution in [0.4, 0.5) is 0 Å². The Morgan fingerprint density at radius 2 is 2.06 bits per heavy atom. The zero-order valence-corrected chi connectivity index (χ0v) is 9.77. The van der Waals surface area contributed by atoms with Gasteiger partial charge in [0.05, 0.1) is 11.1 Å². The molecule has 2 heteroatoms. The van der Waals surface area contributed by atoms with Crippen molar-refractivity contribution in [3.05, 3.63) is 42.1 Å². The Morgan fingerprint density at radius 1 is 1.25 bits per heavy atom. The van der Waals surface area contributed by atoms with Gasteiger partial charge in [0.25, 0.3) is 0 Å². The molecule has 0 bridgehead atoms. The van der Waals surface area contributed by atoms with Crippen LogP contribution in [0.3, 0.4) is 0 Å². The van der Waals surface area contributed by atoms with E-state index in [4.69, 9.17) is 0 Å². The molecule has 0 aliphatic rings. The summed E-state index contributed by atoms with van der Waals surface area (Å²) in [6.07, 6.45) is 3.51. The maximum absolute atomic E-state index is 10.5. The van der Waals surface area contributed by atoms with Crippen LogP contribution in [0.15, 0.2) is 36.5 Å². The smallest absolute Gasteiger partial charge is 0.0875 e. The highest BCUT2D eigenvalue weighted by molar-refractivity contribution is 5.82. The van der Waals surface area contributed by atoms with Crippen LogP contribution in [0.2, 0.25) is 0 Å². The predicted octanol–water partition coefficient (Wildman–Crippen LogP) is 3.24. The lowest BCUT2D eigenvalue weighted by molar-refractivity contribution is 0.0485. The maximum atomic E-state index is 10.5.